The van der Waals surface area contributed by atoms with Crippen molar-refractivity contribution in [3.63, 3.8) is 0 Å². The number of anilines is 3. The molecule has 0 aliphatic rings. The van der Waals surface area contributed by atoms with Crippen LogP contribution in [0.4, 0.5) is 17.1 Å². The molecule has 3 nitrogen and oxygen atoms in total. The largest absolute Gasteiger partial charge is 0.423 e. The van der Waals surface area contributed by atoms with Crippen LogP contribution in [0.25, 0.3) is 73.7 Å². The quantitative estimate of drug-likeness (QED) is 0.0876. The molecule has 0 N–H and O–H groups in total. The molecule has 2 aromatic heterocycles. The molecule has 10 rings (SSSR count). The predicted octanol–water partition coefficient (Wildman–Crippen LogP) is 15.4. The standard InChI is InChI=1S/C52H35NO2S2/c1-33(2)52(54)55-41-31-23-35(24-32-41)34-17-25-38(26-18-34)53(39-27-19-36(20-28-39)42-11-7-13-46-44-9-3-5-15-48(44)56-50(42)46)40-29-21-37(22-30-40)43-12-8-14-47-45-10-4-6-16-49(45)57-51(43)47/h3-32H,1H2,2H3. The number of nitrogens with zero attached hydrogens (tertiary/aromatic N) is 1. The van der Waals surface area contributed by atoms with Crippen molar-refractivity contribution < 1.29 is 9.53 Å². The van der Waals surface area contributed by atoms with Crippen LogP contribution in [0.3, 0.4) is 0 Å². The Morgan fingerprint density at radius 2 is 0.842 bits per heavy atom. The van der Waals surface area contributed by atoms with E-state index in [-0.39, 0.29) is 0 Å². The summed E-state index contributed by atoms with van der Waals surface area (Å²) < 4.78 is 10.6. The van der Waals surface area contributed by atoms with E-state index in [0.29, 0.717) is 11.3 Å². The highest BCUT2D eigenvalue weighted by atomic mass is 32.1. The number of fused-ring (bicyclic) bond motifs is 6. The van der Waals surface area contributed by atoms with Gasteiger partial charge in [0.1, 0.15) is 5.75 Å². The Kier molecular flexibility index (Phi) is 8.74. The maximum Gasteiger partial charge on any atom is 0.338 e. The molecule has 0 spiro atoms. The first-order valence-electron chi connectivity index (χ1n) is 18.9. The Morgan fingerprint density at radius 1 is 0.456 bits per heavy atom. The molecule has 2 heterocycles. The number of benzene rings is 8. The first-order valence-corrected chi connectivity index (χ1v) is 20.5. The summed E-state index contributed by atoms with van der Waals surface area (Å²) in [5.74, 6) is 0.0659. The van der Waals surface area contributed by atoms with Crippen LogP contribution in [0.2, 0.25) is 0 Å². The average Bonchev–Trinajstić information content (AvgIpc) is 3.84. The Labute approximate surface area is 339 Å². The van der Waals surface area contributed by atoms with Crippen molar-refractivity contribution >= 4 is 86.0 Å². The van der Waals surface area contributed by atoms with Gasteiger partial charge in [-0.25, -0.2) is 4.79 Å². The summed E-state index contributed by atoms with van der Waals surface area (Å²) in [4.78, 5) is 14.3. The van der Waals surface area contributed by atoms with Gasteiger partial charge < -0.3 is 9.64 Å². The minimum atomic E-state index is -0.428. The number of hydrogen-bond acceptors (Lipinski definition) is 5. The molecule has 8 aromatic carbocycles. The normalized spacial score (nSPS) is 11.4. The molecule has 0 aliphatic carbocycles. The molecular formula is C52H35NO2S2. The number of esters is 1. The minimum Gasteiger partial charge on any atom is -0.423 e. The Bertz CT molecular complexity index is 2960. The summed E-state index contributed by atoms with van der Waals surface area (Å²) in [6.07, 6.45) is 0. The van der Waals surface area contributed by atoms with E-state index in [1.54, 1.807) is 6.92 Å². The fraction of sp³-hybridized carbons (Fsp3) is 0.0192. The lowest BCUT2D eigenvalue weighted by atomic mass is 10.0. The van der Waals surface area contributed by atoms with Gasteiger partial charge in [0.2, 0.25) is 0 Å². The zero-order chi connectivity index (χ0) is 38.5. The molecule has 10 aromatic rings. The van der Waals surface area contributed by atoms with Crippen molar-refractivity contribution in [3.8, 4) is 39.1 Å². The molecule has 0 atom stereocenters. The first kappa shape index (κ1) is 34.7. The van der Waals surface area contributed by atoms with Crippen molar-refractivity contribution in [1.82, 2.24) is 0 Å². The van der Waals surface area contributed by atoms with Gasteiger partial charge in [-0.2, -0.15) is 0 Å². The molecule has 0 saturated carbocycles. The van der Waals surface area contributed by atoms with Gasteiger partial charge in [-0.05, 0) is 101 Å². The summed E-state index contributed by atoms with van der Waals surface area (Å²) in [7, 11) is 0. The molecular weight excluding hydrogens is 735 g/mol. The van der Waals surface area contributed by atoms with Crippen LogP contribution >= 0.6 is 22.7 Å². The van der Waals surface area contributed by atoms with Gasteiger partial charge in [0.15, 0.2) is 0 Å². The van der Waals surface area contributed by atoms with Gasteiger partial charge in [0.25, 0.3) is 0 Å². The van der Waals surface area contributed by atoms with E-state index in [1.165, 1.54) is 62.6 Å². The van der Waals surface area contributed by atoms with Crippen molar-refractivity contribution in [2.45, 2.75) is 6.92 Å². The second-order valence-electron chi connectivity index (χ2n) is 14.2. The SMILES string of the molecule is C=C(C)C(=O)Oc1ccc(-c2ccc(N(c3ccc(-c4cccc5c4sc4ccccc45)cc3)c3ccc(-c4cccc5c4sc4ccccc45)cc3)cc2)cc1. The van der Waals surface area contributed by atoms with Crippen LogP contribution in [0.15, 0.2) is 194 Å². The molecule has 57 heavy (non-hydrogen) atoms. The van der Waals surface area contributed by atoms with E-state index in [1.807, 2.05) is 46.9 Å². The second-order valence-corrected chi connectivity index (χ2v) is 16.3. The number of thiophene rings is 2. The molecule has 272 valence electrons. The topological polar surface area (TPSA) is 29.5 Å². The third kappa shape index (κ3) is 6.37. The van der Waals surface area contributed by atoms with Crippen LogP contribution < -0.4 is 9.64 Å². The van der Waals surface area contributed by atoms with E-state index in [9.17, 15) is 4.79 Å². The number of rotatable bonds is 8. The van der Waals surface area contributed by atoms with Gasteiger partial charge in [0.05, 0.1) is 0 Å². The lowest BCUT2D eigenvalue weighted by Gasteiger charge is -2.26. The van der Waals surface area contributed by atoms with Crippen LogP contribution in [-0.4, -0.2) is 5.97 Å². The molecule has 0 aliphatic heterocycles. The van der Waals surface area contributed by atoms with E-state index >= 15 is 0 Å². The smallest absolute Gasteiger partial charge is 0.338 e. The van der Waals surface area contributed by atoms with Gasteiger partial charge >= 0.3 is 5.97 Å². The van der Waals surface area contributed by atoms with Crippen molar-refractivity contribution in [2.75, 3.05) is 4.90 Å². The number of carbonyl (C=O) groups excluding carboxylic acids is 1. The Hall–Kier alpha value is -6.79. The van der Waals surface area contributed by atoms with E-state index in [2.05, 4.69) is 169 Å². The summed E-state index contributed by atoms with van der Waals surface area (Å²) in [5.41, 5.74) is 10.5. The zero-order valence-electron chi connectivity index (χ0n) is 31.1. The van der Waals surface area contributed by atoms with Gasteiger partial charge in [-0.3, -0.25) is 0 Å². The second kappa shape index (κ2) is 14.4. The Morgan fingerprint density at radius 3 is 1.28 bits per heavy atom. The molecule has 0 amide bonds. The highest BCUT2D eigenvalue weighted by molar-refractivity contribution is 7.26. The third-order valence-corrected chi connectivity index (χ3v) is 13.0. The predicted molar refractivity (Wildman–Crippen MR) is 244 cm³/mol. The van der Waals surface area contributed by atoms with Gasteiger partial charge in [0, 0.05) is 63.0 Å². The average molecular weight is 770 g/mol. The van der Waals surface area contributed by atoms with Gasteiger partial charge in [-0.15, -0.1) is 22.7 Å². The van der Waals surface area contributed by atoms with Crippen LogP contribution in [0.1, 0.15) is 6.92 Å². The fourth-order valence-electron chi connectivity index (χ4n) is 7.69. The first-order chi connectivity index (χ1) is 28.0. The highest BCUT2D eigenvalue weighted by Crippen LogP contribution is 2.43. The van der Waals surface area contributed by atoms with Crippen LogP contribution in [-0.2, 0) is 4.79 Å². The summed E-state index contributed by atoms with van der Waals surface area (Å²) >= 11 is 3.71. The monoisotopic (exact) mass is 769 g/mol. The molecule has 5 heteroatoms. The molecule has 0 unspecified atom stereocenters. The zero-order valence-corrected chi connectivity index (χ0v) is 32.7. The highest BCUT2D eigenvalue weighted by Gasteiger charge is 2.17. The van der Waals surface area contributed by atoms with E-state index in [0.717, 1.165) is 28.2 Å². The van der Waals surface area contributed by atoms with Gasteiger partial charge in [-0.1, -0.05) is 128 Å². The molecule has 0 bridgehead atoms. The fourth-order valence-corrected chi connectivity index (χ4v) is 10.2. The van der Waals surface area contributed by atoms with Crippen molar-refractivity contribution in [1.29, 1.82) is 0 Å². The number of hydrogen-bond donors (Lipinski definition) is 0. The minimum absolute atomic E-state index is 0.366. The van der Waals surface area contributed by atoms with Crippen molar-refractivity contribution in [3.05, 3.63) is 194 Å². The summed E-state index contributed by atoms with van der Waals surface area (Å²) in [6, 6.07) is 64.7. The van der Waals surface area contributed by atoms with Crippen LogP contribution in [0.5, 0.6) is 5.75 Å². The van der Waals surface area contributed by atoms with Crippen LogP contribution in [0, 0.1) is 0 Å². The van der Waals surface area contributed by atoms with Crippen molar-refractivity contribution in [2.24, 2.45) is 0 Å². The Balaban J connectivity index is 1.02. The van der Waals surface area contributed by atoms with E-state index in [4.69, 9.17) is 4.74 Å². The van der Waals surface area contributed by atoms with E-state index < -0.39 is 5.97 Å². The number of ether oxygens (including phenoxy) is 1. The molecule has 0 radical (unpaired) electrons. The lowest BCUT2D eigenvalue weighted by Crippen LogP contribution is -2.09. The summed E-state index contributed by atoms with van der Waals surface area (Å²) in [5, 5.41) is 5.21. The summed E-state index contributed by atoms with van der Waals surface area (Å²) in [6.45, 7) is 5.32. The molecule has 0 saturated heterocycles. The number of carbonyl (C=O) groups is 1. The third-order valence-electron chi connectivity index (χ3n) is 10.6. The molecule has 0 fully saturated rings. The lowest BCUT2D eigenvalue weighted by molar-refractivity contribution is -0.130. The maximum absolute atomic E-state index is 12.0. The maximum atomic E-state index is 12.0.